The maximum Gasteiger partial charge on any atom is 0.407 e. The summed E-state index contributed by atoms with van der Waals surface area (Å²) >= 11 is 12.1. The highest BCUT2D eigenvalue weighted by atomic mass is 35.5. The van der Waals surface area contributed by atoms with Gasteiger partial charge in [-0.25, -0.2) is 4.79 Å². The van der Waals surface area contributed by atoms with Gasteiger partial charge in [-0.15, -0.1) is 0 Å². The van der Waals surface area contributed by atoms with Crippen LogP contribution in [0.1, 0.15) is 35.1 Å². The van der Waals surface area contributed by atoms with Crippen molar-refractivity contribution in [2.24, 2.45) is 0 Å². The molecule has 3 aromatic carbocycles. The molecule has 6 nitrogen and oxygen atoms in total. The second-order valence-electron chi connectivity index (χ2n) is 7.93. The number of hydrogen-bond acceptors (Lipinski definition) is 5. The molecule has 0 saturated heterocycles. The number of nitrogen functional groups attached to an aromatic ring is 1. The molecule has 0 aliphatic heterocycles. The van der Waals surface area contributed by atoms with Crippen LogP contribution >= 0.6 is 23.2 Å². The first-order chi connectivity index (χ1) is 15.9. The number of aliphatic hydroxyl groups is 2. The number of amides is 1. The van der Waals surface area contributed by atoms with Gasteiger partial charge in [-0.2, -0.15) is 0 Å². The smallest absolute Gasteiger partial charge is 0.407 e. The van der Waals surface area contributed by atoms with Crippen LogP contribution in [-0.4, -0.2) is 35.6 Å². The summed E-state index contributed by atoms with van der Waals surface area (Å²) in [5.41, 5.74) is 10.8. The fourth-order valence-corrected chi connectivity index (χ4v) is 4.60. The summed E-state index contributed by atoms with van der Waals surface area (Å²) in [5, 5.41) is 23.5. The van der Waals surface area contributed by atoms with Gasteiger partial charge < -0.3 is 26.0 Å². The number of nitrogens with two attached hydrogens (primary N) is 1. The normalized spacial score (nSPS) is 14.3. The van der Waals surface area contributed by atoms with E-state index in [0.717, 1.165) is 22.3 Å². The average molecular weight is 487 g/mol. The quantitative estimate of drug-likeness (QED) is 0.355. The van der Waals surface area contributed by atoms with Gasteiger partial charge in [-0.1, -0.05) is 77.8 Å². The highest BCUT2D eigenvalue weighted by molar-refractivity contribution is 6.44. The van der Waals surface area contributed by atoms with Crippen LogP contribution in [0.25, 0.3) is 11.1 Å². The van der Waals surface area contributed by atoms with Gasteiger partial charge in [0.15, 0.2) is 0 Å². The molecule has 0 radical (unpaired) electrons. The van der Waals surface area contributed by atoms with E-state index in [0.29, 0.717) is 0 Å². The lowest BCUT2D eigenvalue weighted by Gasteiger charge is -2.20. The van der Waals surface area contributed by atoms with Gasteiger partial charge in [0.1, 0.15) is 12.7 Å². The van der Waals surface area contributed by atoms with E-state index in [1.54, 1.807) is 0 Å². The predicted octanol–water partition coefficient (Wildman–Crippen LogP) is 4.90. The third-order valence-corrected chi connectivity index (χ3v) is 6.79. The summed E-state index contributed by atoms with van der Waals surface area (Å²) in [5.74, 6) is -0.0343. The Bertz CT molecular complexity index is 1130. The van der Waals surface area contributed by atoms with Crippen molar-refractivity contribution in [1.29, 1.82) is 0 Å². The van der Waals surface area contributed by atoms with Gasteiger partial charge in [0.25, 0.3) is 0 Å². The third kappa shape index (κ3) is 4.80. The van der Waals surface area contributed by atoms with E-state index in [9.17, 15) is 15.0 Å². The number of benzene rings is 3. The highest BCUT2D eigenvalue weighted by Gasteiger charge is 2.29. The second-order valence-corrected chi connectivity index (χ2v) is 8.68. The van der Waals surface area contributed by atoms with Crippen molar-refractivity contribution in [3.63, 3.8) is 0 Å². The number of alkyl carbamates (subject to hydrolysis) is 1. The number of halogens is 2. The minimum absolute atomic E-state index is 0.0343. The summed E-state index contributed by atoms with van der Waals surface area (Å²) in [4.78, 5) is 12.3. The first-order valence-electron chi connectivity index (χ1n) is 10.6. The van der Waals surface area contributed by atoms with Gasteiger partial charge >= 0.3 is 6.09 Å². The lowest BCUT2D eigenvalue weighted by Crippen LogP contribution is -2.30. The number of carbonyl (C=O) groups excluding carboxylic acids is 1. The molecule has 172 valence electrons. The Morgan fingerprint density at radius 1 is 0.970 bits per heavy atom. The Kier molecular flexibility index (Phi) is 7.10. The minimum atomic E-state index is -1.28. The van der Waals surface area contributed by atoms with E-state index in [4.69, 9.17) is 33.7 Å². The molecule has 0 heterocycles. The molecular weight excluding hydrogens is 463 g/mol. The summed E-state index contributed by atoms with van der Waals surface area (Å²) < 4.78 is 5.47. The van der Waals surface area contributed by atoms with Gasteiger partial charge in [0.2, 0.25) is 0 Å². The van der Waals surface area contributed by atoms with Crippen molar-refractivity contribution in [1.82, 2.24) is 5.32 Å². The highest BCUT2D eigenvalue weighted by Crippen LogP contribution is 2.44. The Hall–Kier alpha value is -2.77. The van der Waals surface area contributed by atoms with Gasteiger partial charge in [0.05, 0.1) is 21.8 Å². The Morgan fingerprint density at radius 3 is 2.21 bits per heavy atom. The summed E-state index contributed by atoms with van der Waals surface area (Å²) in [6.07, 6.45) is -2.95. The first kappa shape index (κ1) is 23.4. The molecule has 3 aromatic rings. The molecule has 33 heavy (non-hydrogen) atoms. The van der Waals surface area contributed by atoms with E-state index in [1.807, 2.05) is 36.4 Å². The second kappa shape index (κ2) is 10.0. The van der Waals surface area contributed by atoms with E-state index in [1.165, 1.54) is 12.1 Å². The summed E-state index contributed by atoms with van der Waals surface area (Å²) in [6.45, 7) is 0.305. The minimum Gasteiger partial charge on any atom is -0.449 e. The summed E-state index contributed by atoms with van der Waals surface area (Å²) in [7, 11) is 0. The molecule has 2 unspecified atom stereocenters. The number of aliphatic hydroxyl groups excluding tert-OH is 2. The molecule has 1 aliphatic rings. The van der Waals surface area contributed by atoms with Crippen LogP contribution < -0.4 is 11.1 Å². The molecule has 0 bridgehead atoms. The van der Waals surface area contributed by atoms with E-state index in [2.05, 4.69) is 17.4 Å². The number of nitrogens with one attached hydrogen (secondary N) is 1. The third-order valence-electron chi connectivity index (χ3n) is 5.88. The lowest BCUT2D eigenvalue weighted by molar-refractivity contribution is 0.0137. The van der Waals surface area contributed by atoms with Crippen molar-refractivity contribution >= 4 is 35.0 Å². The summed E-state index contributed by atoms with van der Waals surface area (Å²) in [6, 6.07) is 19.2. The topological polar surface area (TPSA) is 105 Å². The monoisotopic (exact) mass is 486 g/mol. The number of rotatable bonds is 7. The van der Waals surface area contributed by atoms with Gasteiger partial charge in [-0.05, 0) is 34.7 Å². The van der Waals surface area contributed by atoms with Gasteiger partial charge in [0, 0.05) is 18.0 Å². The molecule has 0 saturated carbocycles. The SMILES string of the molecule is Nc1ccc(C(O)C(O)CCNC(=O)OCC2c3ccccc3-c3ccccc32)c(Cl)c1Cl. The molecule has 0 aromatic heterocycles. The maximum atomic E-state index is 12.3. The van der Waals surface area contributed by atoms with Crippen LogP contribution in [0.5, 0.6) is 0 Å². The molecule has 0 spiro atoms. The number of anilines is 1. The van der Waals surface area contributed by atoms with E-state index in [-0.39, 0.29) is 46.8 Å². The predicted molar refractivity (Wildman–Crippen MR) is 130 cm³/mol. The molecule has 8 heteroatoms. The van der Waals surface area contributed by atoms with E-state index < -0.39 is 18.3 Å². The van der Waals surface area contributed by atoms with Crippen molar-refractivity contribution in [2.45, 2.75) is 24.5 Å². The zero-order valence-corrected chi connectivity index (χ0v) is 19.2. The van der Waals surface area contributed by atoms with Crippen molar-refractivity contribution in [2.75, 3.05) is 18.9 Å². The Labute approximate surface area is 201 Å². The Balaban J connectivity index is 1.30. The largest absolute Gasteiger partial charge is 0.449 e. The molecular formula is C25H24Cl2N2O4. The molecule has 4 rings (SSSR count). The fraction of sp³-hybridized carbons (Fsp3) is 0.240. The molecule has 1 amide bonds. The number of fused-ring (bicyclic) bond motifs is 3. The average Bonchev–Trinajstić information content (AvgIpc) is 3.14. The van der Waals surface area contributed by atoms with Crippen molar-refractivity contribution in [3.8, 4) is 11.1 Å². The van der Waals surface area contributed by atoms with Crippen LogP contribution in [0.4, 0.5) is 10.5 Å². The Morgan fingerprint density at radius 2 is 1.58 bits per heavy atom. The zero-order chi connectivity index (χ0) is 23.5. The number of hydrogen-bond donors (Lipinski definition) is 4. The van der Waals surface area contributed by atoms with Crippen LogP contribution in [0.3, 0.4) is 0 Å². The van der Waals surface area contributed by atoms with Crippen molar-refractivity contribution in [3.05, 3.63) is 87.4 Å². The van der Waals surface area contributed by atoms with Gasteiger partial charge in [-0.3, -0.25) is 0 Å². The van der Waals surface area contributed by atoms with Crippen LogP contribution in [0.15, 0.2) is 60.7 Å². The standard InChI is InChI=1S/C25H24Cl2N2O4/c26-22-18(9-10-20(28)23(22)27)24(31)21(30)11-12-29-25(32)33-13-19-16-7-3-1-5-14(16)15-6-2-4-8-17(15)19/h1-10,19,21,24,30-31H,11-13,28H2,(H,29,32). The maximum absolute atomic E-state index is 12.3. The fourth-order valence-electron chi connectivity index (χ4n) is 4.14. The number of carbonyl (C=O) groups is 1. The molecule has 5 N–H and O–H groups in total. The van der Waals surface area contributed by atoms with E-state index >= 15 is 0 Å². The first-order valence-corrected chi connectivity index (χ1v) is 11.3. The zero-order valence-electron chi connectivity index (χ0n) is 17.7. The van der Waals surface area contributed by atoms with Crippen LogP contribution in [-0.2, 0) is 4.74 Å². The molecule has 1 aliphatic carbocycles. The van der Waals surface area contributed by atoms with Crippen molar-refractivity contribution < 1.29 is 19.7 Å². The number of ether oxygens (including phenoxy) is 1. The molecule has 0 fully saturated rings. The molecule has 2 atom stereocenters. The van der Waals surface area contributed by atoms with Crippen LogP contribution in [0.2, 0.25) is 10.0 Å². The lowest BCUT2D eigenvalue weighted by atomic mass is 9.98. The van der Waals surface area contributed by atoms with Crippen LogP contribution in [0, 0.1) is 0 Å².